The second kappa shape index (κ2) is 4.77. The molecule has 0 atom stereocenters. The highest BCUT2D eigenvalue weighted by Gasteiger charge is 2.30. The molecule has 5 nitrogen and oxygen atoms in total. The maximum Gasteiger partial charge on any atom is 0.186 e. The quantitative estimate of drug-likeness (QED) is 0.786. The van der Waals surface area contributed by atoms with Gasteiger partial charge in [0.25, 0.3) is 0 Å². The van der Waals surface area contributed by atoms with Crippen LogP contribution in [0.2, 0.25) is 0 Å². The number of hydrogen-bond acceptors (Lipinski definition) is 5. The van der Waals surface area contributed by atoms with E-state index in [2.05, 4.69) is 15.0 Å². The molecule has 0 unspecified atom stereocenters. The van der Waals surface area contributed by atoms with Gasteiger partial charge in [-0.15, -0.1) is 0 Å². The molecule has 100 valence electrons. The lowest BCUT2D eigenvalue weighted by Gasteiger charge is -2.13. The molecule has 19 heavy (non-hydrogen) atoms. The predicted molar refractivity (Wildman–Crippen MR) is 74.8 cm³/mol. The molecule has 3 rings (SSSR count). The molecule has 1 aliphatic carbocycles. The van der Waals surface area contributed by atoms with Crippen molar-refractivity contribution in [1.82, 2.24) is 14.8 Å². The summed E-state index contributed by atoms with van der Waals surface area (Å²) in [6, 6.07) is 0. The molecular formula is C13H16N4OS. The van der Waals surface area contributed by atoms with Crippen LogP contribution in [0.5, 0.6) is 0 Å². The van der Waals surface area contributed by atoms with E-state index < -0.39 is 0 Å². The number of thiazole rings is 1. The number of aldehydes is 1. The highest BCUT2D eigenvalue weighted by atomic mass is 32.1. The first kappa shape index (κ1) is 12.3. The summed E-state index contributed by atoms with van der Waals surface area (Å²) in [7, 11) is 3.90. The Labute approximate surface area is 115 Å². The van der Waals surface area contributed by atoms with Gasteiger partial charge in [-0.3, -0.25) is 9.48 Å². The predicted octanol–water partition coefficient (Wildman–Crippen LogP) is 2.20. The Hall–Kier alpha value is -1.69. The van der Waals surface area contributed by atoms with Gasteiger partial charge in [0.1, 0.15) is 0 Å². The number of nitrogens with zero attached hydrogens (tertiary/aromatic N) is 4. The normalized spacial score (nSPS) is 14.6. The average molecular weight is 276 g/mol. The molecule has 0 N–H and O–H groups in total. The molecule has 6 heteroatoms. The standard InChI is InChI=1S/C13H16N4OS/c1-16(6-9-5-14-17(2)7-9)13-15-12(10-3-4-10)11(8-18)19-13/h5,7-8,10H,3-4,6H2,1-2H3. The van der Waals surface area contributed by atoms with E-state index in [9.17, 15) is 4.79 Å². The van der Waals surface area contributed by atoms with Crippen molar-refractivity contribution in [2.75, 3.05) is 11.9 Å². The van der Waals surface area contributed by atoms with Gasteiger partial charge < -0.3 is 4.90 Å². The topological polar surface area (TPSA) is 51.0 Å². The average Bonchev–Trinajstić information content (AvgIpc) is 3.01. The smallest absolute Gasteiger partial charge is 0.186 e. The molecule has 0 radical (unpaired) electrons. The van der Waals surface area contributed by atoms with Gasteiger partial charge >= 0.3 is 0 Å². The zero-order chi connectivity index (χ0) is 13.4. The van der Waals surface area contributed by atoms with Crippen LogP contribution in [-0.4, -0.2) is 28.1 Å². The molecular weight excluding hydrogens is 260 g/mol. The van der Waals surface area contributed by atoms with Crippen LogP contribution in [0.3, 0.4) is 0 Å². The molecule has 1 fully saturated rings. The Morgan fingerprint density at radius 2 is 2.37 bits per heavy atom. The first-order valence-corrected chi connectivity index (χ1v) is 7.13. The molecule has 0 saturated heterocycles. The van der Waals surface area contributed by atoms with E-state index in [-0.39, 0.29) is 0 Å². The Morgan fingerprint density at radius 3 is 2.95 bits per heavy atom. The first-order chi connectivity index (χ1) is 9.17. The molecule has 2 aromatic rings. The Morgan fingerprint density at radius 1 is 1.58 bits per heavy atom. The van der Waals surface area contributed by atoms with Crippen LogP contribution in [-0.2, 0) is 13.6 Å². The SMILES string of the molecule is CN(Cc1cnn(C)c1)c1nc(C2CC2)c(C=O)s1. The van der Waals surface area contributed by atoms with E-state index in [1.54, 1.807) is 4.68 Å². The summed E-state index contributed by atoms with van der Waals surface area (Å²) in [6.07, 6.45) is 7.11. The summed E-state index contributed by atoms with van der Waals surface area (Å²) in [5.41, 5.74) is 2.13. The van der Waals surface area contributed by atoms with Gasteiger partial charge in [-0.25, -0.2) is 4.98 Å². The van der Waals surface area contributed by atoms with Gasteiger partial charge in [0.05, 0.1) is 16.8 Å². The third-order valence-corrected chi connectivity index (χ3v) is 4.36. The van der Waals surface area contributed by atoms with E-state index in [1.807, 2.05) is 26.5 Å². The fraction of sp³-hybridized carbons (Fsp3) is 0.462. The van der Waals surface area contributed by atoms with E-state index in [4.69, 9.17) is 0 Å². The van der Waals surface area contributed by atoms with Crippen molar-refractivity contribution in [1.29, 1.82) is 0 Å². The van der Waals surface area contributed by atoms with Crippen LogP contribution < -0.4 is 4.90 Å². The number of hydrogen-bond donors (Lipinski definition) is 0. The van der Waals surface area contributed by atoms with Crippen molar-refractivity contribution < 1.29 is 4.79 Å². The fourth-order valence-electron chi connectivity index (χ4n) is 2.12. The maximum absolute atomic E-state index is 11.1. The number of aromatic nitrogens is 3. The maximum atomic E-state index is 11.1. The van der Waals surface area contributed by atoms with Crippen molar-refractivity contribution in [3.05, 3.63) is 28.5 Å². The van der Waals surface area contributed by atoms with Gasteiger partial charge in [-0.05, 0) is 12.8 Å². The minimum Gasteiger partial charge on any atom is -0.347 e. The molecule has 0 amide bonds. The van der Waals surface area contributed by atoms with E-state index >= 15 is 0 Å². The molecule has 0 spiro atoms. The number of carbonyl (C=O) groups excluding carboxylic acids is 1. The zero-order valence-electron chi connectivity index (χ0n) is 11.0. The second-order valence-corrected chi connectivity index (χ2v) is 6.03. The highest BCUT2D eigenvalue weighted by molar-refractivity contribution is 7.17. The van der Waals surface area contributed by atoms with Crippen LogP contribution in [0.4, 0.5) is 5.13 Å². The second-order valence-electron chi connectivity index (χ2n) is 5.02. The lowest BCUT2D eigenvalue weighted by molar-refractivity contribution is 0.112. The Bertz CT molecular complexity index is 600. The summed E-state index contributed by atoms with van der Waals surface area (Å²) in [5.74, 6) is 0.511. The number of anilines is 1. The van der Waals surface area contributed by atoms with E-state index in [1.165, 1.54) is 11.3 Å². The molecule has 0 aliphatic heterocycles. The molecule has 0 aromatic carbocycles. The van der Waals surface area contributed by atoms with Crippen molar-refractivity contribution in [2.24, 2.45) is 7.05 Å². The summed E-state index contributed by atoms with van der Waals surface area (Å²) in [6.45, 7) is 0.754. The van der Waals surface area contributed by atoms with E-state index in [0.29, 0.717) is 5.92 Å². The monoisotopic (exact) mass is 276 g/mol. The Balaban J connectivity index is 1.79. The molecule has 2 aromatic heterocycles. The molecule has 1 aliphatic rings. The largest absolute Gasteiger partial charge is 0.347 e. The van der Waals surface area contributed by atoms with Crippen LogP contribution in [0.15, 0.2) is 12.4 Å². The molecule has 1 saturated carbocycles. The van der Waals surface area contributed by atoms with Crippen LogP contribution in [0.25, 0.3) is 0 Å². The van der Waals surface area contributed by atoms with Gasteiger partial charge in [-0.2, -0.15) is 5.10 Å². The van der Waals surface area contributed by atoms with Crippen molar-refractivity contribution in [2.45, 2.75) is 25.3 Å². The minimum atomic E-state index is 0.511. The summed E-state index contributed by atoms with van der Waals surface area (Å²) < 4.78 is 1.79. The highest BCUT2D eigenvalue weighted by Crippen LogP contribution is 2.43. The fourth-order valence-corrected chi connectivity index (χ4v) is 3.05. The van der Waals surface area contributed by atoms with Crippen molar-refractivity contribution in [3.8, 4) is 0 Å². The summed E-state index contributed by atoms with van der Waals surface area (Å²) in [4.78, 5) is 18.6. The third-order valence-electron chi connectivity index (χ3n) is 3.25. The summed E-state index contributed by atoms with van der Waals surface area (Å²) >= 11 is 1.48. The van der Waals surface area contributed by atoms with E-state index in [0.717, 1.165) is 46.9 Å². The molecule has 0 bridgehead atoms. The Kier molecular flexibility index (Phi) is 3.10. The van der Waals surface area contributed by atoms with Gasteiger partial charge in [0.15, 0.2) is 11.4 Å². The lowest BCUT2D eigenvalue weighted by Crippen LogP contribution is -2.15. The van der Waals surface area contributed by atoms with Crippen molar-refractivity contribution in [3.63, 3.8) is 0 Å². The van der Waals surface area contributed by atoms with Gasteiger partial charge in [0, 0.05) is 38.3 Å². The van der Waals surface area contributed by atoms with Crippen LogP contribution >= 0.6 is 11.3 Å². The third kappa shape index (κ3) is 2.53. The number of rotatable bonds is 5. The first-order valence-electron chi connectivity index (χ1n) is 6.32. The van der Waals surface area contributed by atoms with Gasteiger partial charge in [-0.1, -0.05) is 11.3 Å². The number of carbonyl (C=O) groups is 1. The van der Waals surface area contributed by atoms with Gasteiger partial charge in [0.2, 0.25) is 0 Å². The lowest BCUT2D eigenvalue weighted by atomic mass is 10.3. The van der Waals surface area contributed by atoms with Crippen LogP contribution in [0, 0.1) is 0 Å². The minimum absolute atomic E-state index is 0.511. The number of aryl methyl sites for hydroxylation is 1. The molecule has 2 heterocycles. The van der Waals surface area contributed by atoms with Crippen molar-refractivity contribution >= 4 is 22.8 Å². The van der Waals surface area contributed by atoms with Crippen LogP contribution in [0.1, 0.15) is 39.7 Å². The zero-order valence-corrected chi connectivity index (χ0v) is 11.9. The summed E-state index contributed by atoms with van der Waals surface area (Å²) in [5, 5.41) is 5.07.